The number of aliphatic hydroxyl groups excluding tert-OH is 1. The largest absolute Gasteiger partial charge is 0.497 e. The molecule has 0 amide bonds. The minimum atomic E-state index is -0.604. The van der Waals surface area contributed by atoms with E-state index < -0.39 is 6.10 Å². The third-order valence-corrected chi connectivity index (χ3v) is 5.02. The molecule has 0 aromatic heterocycles. The maximum Gasteiger partial charge on any atom is 0.191 e. The molecule has 1 unspecified atom stereocenters. The van der Waals surface area contributed by atoms with Crippen LogP contribution in [0.2, 0.25) is 0 Å². The zero-order valence-electron chi connectivity index (χ0n) is 15.5. The van der Waals surface area contributed by atoms with Crippen molar-refractivity contribution in [3.05, 3.63) is 29.8 Å². The zero-order chi connectivity index (χ0) is 17.4. The Hall–Kier alpha value is -1.02. The highest BCUT2D eigenvalue weighted by molar-refractivity contribution is 14.0. The summed E-state index contributed by atoms with van der Waals surface area (Å²) in [5, 5.41) is 16.9. The van der Waals surface area contributed by atoms with E-state index in [1.54, 1.807) is 7.11 Å². The SMILES string of the molecule is CCNC(=NCC1(CC)CCC1)NCC(O)c1cccc(OC)c1.I. The third-order valence-electron chi connectivity index (χ3n) is 5.02. The number of ether oxygens (including phenoxy) is 1. The molecule has 25 heavy (non-hydrogen) atoms. The van der Waals surface area contributed by atoms with Crippen LogP contribution in [0.4, 0.5) is 0 Å². The summed E-state index contributed by atoms with van der Waals surface area (Å²) < 4.78 is 5.21. The number of halogens is 1. The highest BCUT2D eigenvalue weighted by atomic mass is 127. The van der Waals surface area contributed by atoms with Gasteiger partial charge in [-0.2, -0.15) is 0 Å². The molecule has 1 fully saturated rings. The Labute approximate surface area is 168 Å². The van der Waals surface area contributed by atoms with Gasteiger partial charge in [0.15, 0.2) is 5.96 Å². The van der Waals surface area contributed by atoms with Crippen molar-refractivity contribution in [2.45, 2.75) is 45.6 Å². The van der Waals surface area contributed by atoms with Crippen LogP contribution in [0.15, 0.2) is 29.3 Å². The third kappa shape index (κ3) is 6.33. The number of hydrogen-bond donors (Lipinski definition) is 3. The number of guanidine groups is 1. The highest BCUT2D eigenvalue weighted by Crippen LogP contribution is 2.43. The number of rotatable bonds is 8. The summed E-state index contributed by atoms with van der Waals surface area (Å²) in [4.78, 5) is 4.74. The van der Waals surface area contributed by atoms with Crippen LogP contribution >= 0.6 is 24.0 Å². The lowest BCUT2D eigenvalue weighted by atomic mass is 9.67. The number of aliphatic hydroxyl groups is 1. The molecule has 0 bridgehead atoms. The van der Waals surface area contributed by atoms with Gasteiger partial charge in [0, 0.05) is 19.6 Å². The topological polar surface area (TPSA) is 65.9 Å². The van der Waals surface area contributed by atoms with E-state index >= 15 is 0 Å². The Morgan fingerprint density at radius 3 is 2.64 bits per heavy atom. The molecule has 142 valence electrons. The predicted octanol–water partition coefficient (Wildman–Crippen LogP) is 3.48. The molecular weight excluding hydrogens is 429 g/mol. The van der Waals surface area contributed by atoms with E-state index in [0.29, 0.717) is 12.0 Å². The number of nitrogens with zero attached hydrogens (tertiary/aromatic N) is 1. The number of methoxy groups -OCH3 is 1. The van der Waals surface area contributed by atoms with Crippen LogP contribution in [0.25, 0.3) is 0 Å². The molecule has 6 heteroatoms. The van der Waals surface area contributed by atoms with Gasteiger partial charge in [0.05, 0.1) is 13.2 Å². The van der Waals surface area contributed by atoms with E-state index in [0.717, 1.165) is 30.4 Å². The van der Waals surface area contributed by atoms with Crippen LogP contribution in [-0.2, 0) is 0 Å². The normalized spacial score (nSPS) is 17.0. The van der Waals surface area contributed by atoms with Crippen molar-refractivity contribution in [2.24, 2.45) is 10.4 Å². The molecule has 0 aliphatic heterocycles. The van der Waals surface area contributed by atoms with E-state index in [2.05, 4.69) is 24.5 Å². The first kappa shape index (κ1) is 22.0. The zero-order valence-corrected chi connectivity index (χ0v) is 17.9. The summed E-state index contributed by atoms with van der Waals surface area (Å²) in [5.41, 5.74) is 1.23. The Morgan fingerprint density at radius 2 is 2.08 bits per heavy atom. The summed E-state index contributed by atoms with van der Waals surface area (Å²) >= 11 is 0. The van der Waals surface area contributed by atoms with Gasteiger partial charge in [-0.3, -0.25) is 4.99 Å². The number of nitrogens with one attached hydrogen (secondary N) is 2. The second kappa shape index (κ2) is 10.9. The molecule has 1 atom stereocenters. The fourth-order valence-electron chi connectivity index (χ4n) is 3.05. The molecular formula is C19H32IN3O2. The predicted molar refractivity (Wildman–Crippen MR) is 114 cm³/mol. The molecule has 2 rings (SSSR count). The fourth-order valence-corrected chi connectivity index (χ4v) is 3.05. The van der Waals surface area contributed by atoms with Gasteiger partial charge in [0.1, 0.15) is 5.75 Å². The van der Waals surface area contributed by atoms with E-state index in [1.807, 2.05) is 24.3 Å². The molecule has 3 N–H and O–H groups in total. The molecule has 1 aromatic rings. The van der Waals surface area contributed by atoms with Gasteiger partial charge >= 0.3 is 0 Å². The highest BCUT2D eigenvalue weighted by Gasteiger charge is 2.34. The van der Waals surface area contributed by atoms with E-state index in [4.69, 9.17) is 9.73 Å². The first-order chi connectivity index (χ1) is 11.6. The molecule has 5 nitrogen and oxygen atoms in total. The van der Waals surface area contributed by atoms with Crippen molar-refractivity contribution in [3.8, 4) is 5.75 Å². The Bertz CT molecular complexity index is 542. The Balaban J connectivity index is 0.00000312. The lowest BCUT2D eigenvalue weighted by Crippen LogP contribution is -2.41. The van der Waals surface area contributed by atoms with Crippen LogP contribution in [-0.4, -0.2) is 37.8 Å². The molecule has 1 aliphatic carbocycles. The number of hydrogen-bond acceptors (Lipinski definition) is 3. The molecule has 1 saturated carbocycles. The van der Waals surface area contributed by atoms with Crippen molar-refractivity contribution in [1.82, 2.24) is 10.6 Å². The average Bonchev–Trinajstić information content (AvgIpc) is 2.58. The standard InChI is InChI=1S/C19H31N3O2.HI/c1-4-19(10-7-11-19)14-22-18(20-5-2)21-13-17(23)15-8-6-9-16(12-15)24-3;/h6,8-9,12,17,23H,4-5,7,10-11,13-14H2,1-3H3,(H2,20,21,22);1H. The summed E-state index contributed by atoms with van der Waals surface area (Å²) in [6, 6.07) is 7.52. The Kier molecular flexibility index (Phi) is 9.56. The summed E-state index contributed by atoms with van der Waals surface area (Å²) in [6.07, 6.45) is 4.45. The minimum Gasteiger partial charge on any atom is -0.497 e. The maximum atomic E-state index is 10.4. The summed E-state index contributed by atoms with van der Waals surface area (Å²) in [6.45, 7) is 6.38. The fraction of sp³-hybridized carbons (Fsp3) is 0.632. The molecule has 1 aliphatic rings. The van der Waals surface area contributed by atoms with E-state index in [1.165, 1.54) is 25.7 Å². The molecule has 0 saturated heterocycles. The first-order valence-electron chi connectivity index (χ1n) is 8.96. The lowest BCUT2D eigenvalue weighted by molar-refractivity contribution is 0.139. The van der Waals surface area contributed by atoms with E-state index in [-0.39, 0.29) is 24.0 Å². The quantitative estimate of drug-likeness (QED) is 0.315. The van der Waals surface area contributed by atoms with Crippen molar-refractivity contribution in [1.29, 1.82) is 0 Å². The van der Waals surface area contributed by atoms with Crippen molar-refractivity contribution in [3.63, 3.8) is 0 Å². The second-order valence-corrected chi connectivity index (χ2v) is 6.58. The van der Waals surface area contributed by atoms with Crippen LogP contribution in [0.5, 0.6) is 5.75 Å². The minimum absolute atomic E-state index is 0. The van der Waals surface area contributed by atoms with Crippen molar-refractivity contribution >= 4 is 29.9 Å². The average molecular weight is 461 g/mol. The smallest absolute Gasteiger partial charge is 0.191 e. The molecule has 0 spiro atoms. The van der Waals surface area contributed by atoms with Gasteiger partial charge in [0.2, 0.25) is 0 Å². The number of aliphatic imine (C=N–C) groups is 1. The number of benzene rings is 1. The van der Waals surface area contributed by atoms with Crippen LogP contribution < -0.4 is 15.4 Å². The Morgan fingerprint density at radius 1 is 1.32 bits per heavy atom. The summed E-state index contributed by atoms with van der Waals surface area (Å²) in [5.74, 6) is 1.53. The first-order valence-corrected chi connectivity index (χ1v) is 8.96. The van der Waals surface area contributed by atoms with E-state index in [9.17, 15) is 5.11 Å². The van der Waals surface area contributed by atoms with Gasteiger partial charge in [-0.25, -0.2) is 0 Å². The molecule has 1 aromatic carbocycles. The second-order valence-electron chi connectivity index (χ2n) is 6.58. The maximum absolute atomic E-state index is 10.4. The monoisotopic (exact) mass is 461 g/mol. The molecule has 0 heterocycles. The summed E-state index contributed by atoms with van der Waals surface area (Å²) in [7, 11) is 1.63. The van der Waals surface area contributed by atoms with Crippen LogP contribution in [0.1, 0.15) is 51.2 Å². The van der Waals surface area contributed by atoms with Gasteiger partial charge in [0.25, 0.3) is 0 Å². The van der Waals surface area contributed by atoms with Gasteiger partial charge in [-0.05, 0) is 49.3 Å². The van der Waals surface area contributed by atoms with Crippen LogP contribution in [0, 0.1) is 5.41 Å². The van der Waals surface area contributed by atoms with Crippen molar-refractivity contribution < 1.29 is 9.84 Å². The van der Waals surface area contributed by atoms with Gasteiger partial charge in [-0.15, -0.1) is 24.0 Å². The lowest BCUT2D eigenvalue weighted by Gasteiger charge is -2.40. The van der Waals surface area contributed by atoms with Gasteiger partial charge < -0.3 is 20.5 Å². The van der Waals surface area contributed by atoms with Gasteiger partial charge in [-0.1, -0.05) is 25.5 Å². The van der Waals surface area contributed by atoms with Crippen molar-refractivity contribution in [2.75, 3.05) is 26.7 Å². The molecule has 0 radical (unpaired) electrons. The van der Waals surface area contributed by atoms with Crippen LogP contribution in [0.3, 0.4) is 0 Å².